The Morgan fingerprint density at radius 3 is 2.47 bits per heavy atom. The van der Waals surface area contributed by atoms with Crippen LogP contribution in [0.5, 0.6) is 0 Å². The number of aliphatic hydroxyl groups is 2. The second-order valence-corrected chi connectivity index (χ2v) is 13.0. The van der Waals surface area contributed by atoms with E-state index in [0.29, 0.717) is 41.9 Å². The highest BCUT2D eigenvalue weighted by Gasteiger charge is 2.80. The molecule has 4 nitrogen and oxygen atoms in total. The number of fused-ring (bicyclic) bond motifs is 4. The van der Waals surface area contributed by atoms with Crippen LogP contribution < -0.4 is 0 Å². The van der Waals surface area contributed by atoms with Crippen molar-refractivity contribution >= 4 is 5.78 Å². The van der Waals surface area contributed by atoms with Gasteiger partial charge in [0.1, 0.15) is 11.4 Å². The fraction of sp³-hybridized carbons (Fsp3) is 0.893. The van der Waals surface area contributed by atoms with Gasteiger partial charge in [0.05, 0.1) is 23.7 Å². The molecular weight excluding hydrogens is 400 g/mol. The summed E-state index contributed by atoms with van der Waals surface area (Å²) >= 11 is 0. The minimum absolute atomic E-state index is 0.0371. The van der Waals surface area contributed by atoms with Crippen LogP contribution in [0.1, 0.15) is 80.1 Å². The minimum atomic E-state index is -0.656. The van der Waals surface area contributed by atoms with Crippen molar-refractivity contribution in [2.24, 2.45) is 52.3 Å². The molecule has 0 bridgehead atoms. The largest absolute Gasteiger partial charge is 0.393 e. The van der Waals surface area contributed by atoms with E-state index in [0.717, 1.165) is 12.8 Å². The van der Waals surface area contributed by atoms with E-state index in [4.69, 9.17) is 4.74 Å². The maximum absolute atomic E-state index is 13.4. The summed E-state index contributed by atoms with van der Waals surface area (Å²) in [5.41, 5.74) is -1.08. The lowest BCUT2D eigenvalue weighted by molar-refractivity contribution is -0.179. The summed E-state index contributed by atoms with van der Waals surface area (Å²) in [6, 6.07) is 0. The summed E-state index contributed by atoms with van der Waals surface area (Å²) in [5, 5.41) is 22.0. The Kier molecular flexibility index (Phi) is 5.33. The third kappa shape index (κ3) is 2.94. The molecule has 0 amide bonds. The van der Waals surface area contributed by atoms with E-state index in [1.165, 1.54) is 12.8 Å². The SMILES string of the molecule is CC(C)[C@@H](C)/C=C/[C@@H](C)[C@H]1CC[C@H]2[C@@H]3C[C@H]4O[C@]45CC(O)CC(=O)[C@]5(C)[C@H]3[C@H](O)C[C@]12C. The highest BCUT2D eigenvalue weighted by Crippen LogP contribution is 2.73. The number of Topliss-reactive ketones (excluding diaryl/α,β-unsaturated/α-hetero) is 1. The third-order valence-corrected chi connectivity index (χ3v) is 11.3. The molecule has 5 fully saturated rings. The molecule has 1 spiro atoms. The van der Waals surface area contributed by atoms with Gasteiger partial charge < -0.3 is 14.9 Å². The van der Waals surface area contributed by atoms with Gasteiger partial charge in [0.2, 0.25) is 0 Å². The summed E-state index contributed by atoms with van der Waals surface area (Å²) < 4.78 is 6.29. The zero-order valence-electron chi connectivity index (χ0n) is 20.9. The van der Waals surface area contributed by atoms with Gasteiger partial charge in [-0.3, -0.25) is 4.79 Å². The van der Waals surface area contributed by atoms with Gasteiger partial charge in [-0.15, -0.1) is 0 Å². The van der Waals surface area contributed by atoms with Gasteiger partial charge >= 0.3 is 0 Å². The molecule has 0 radical (unpaired) electrons. The Morgan fingerprint density at radius 1 is 1.06 bits per heavy atom. The summed E-state index contributed by atoms with van der Waals surface area (Å²) in [6.45, 7) is 13.7. The maximum Gasteiger partial charge on any atom is 0.144 e. The Bertz CT molecular complexity index is 805. The summed E-state index contributed by atoms with van der Waals surface area (Å²) in [4.78, 5) is 13.4. The number of carbonyl (C=O) groups is 1. The number of rotatable bonds is 4. The number of aliphatic hydroxyl groups excluding tert-OH is 2. The molecule has 32 heavy (non-hydrogen) atoms. The molecule has 1 heterocycles. The number of hydrogen-bond donors (Lipinski definition) is 2. The van der Waals surface area contributed by atoms with Crippen molar-refractivity contribution in [3.8, 4) is 0 Å². The molecule has 12 atom stereocenters. The molecule has 4 saturated carbocycles. The molecule has 4 heteroatoms. The first kappa shape index (κ1) is 23.1. The molecule has 180 valence electrons. The summed E-state index contributed by atoms with van der Waals surface area (Å²) in [6.07, 6.45) is 8.73. The van der Waals surface area contributed by atoms with E-state index in [-0.39, 0.29) is 29.6 Å². The Morgan fingerprint density at radius 2 is 1.78 bits per heavy atom. The molecule has 0 aromatic rings. The average Bonchev–Trinajstić information content (AvgIpc) is 3.28. The van der Waals surface area contributed by atoms with Crippen LogP contribution in [0.3, 0.4) is 0 Å². The standard InChI is InChI=1S/C28H44O4/c1-15(2)16(3)7-8-17(4)20-9-10-21-19-12-24-28(32-24)13-18(29)11-23(31)27(28,6)25(19)22(30)14-26(20,21)5/h7-8,15-22,24-25,29-30H,9-14H2,1-6H3/b8-7+/t16-,17+,18?,19-,20+,21-,22+,24+,25+,26+,27+,28+/m0/s1. The van der Waals surface area contributed by atoms with Gasteiger partial charge in [-0.2, -0.15) is 0 Å². The van der Waals surface area contributed by atoms with Crippen molar-refractivity contribution < 1.29 is 19.7 Å². The van der Waals surface area contributed by atoms with E-state index in [1.807, 2.05) is 0 Å². The van der Waals surface area contributed by atoms with E-state index >= 15 is 0 Å². The lowest BCUT2D eigenvalue weighted by Crippen LogP contribution is -2.66. The Balaban J connectivity index is 1.43. The normalized spacial score (nSPS) is 54.0. The smallest absolute Gasteiger partial charge is 0.144 e. The van der Waals surface area contributed by atoms with Gasteiger partial charge in [-0.1, -0.05) is 46.8 Å². The van der Waals surface area contributed by atoms with Gasteiger partial charge in [0.25, 0.3) is 0 Å². The first-order chi connectivity index (χ1) is 15.0. The van der Waals surface area contributed by atoms with Crippen LogP contribution in [0, 0.1) is 52.3 Å². The van der Waals surface area contributed by atoms with E-state index in [2.05, 4.69) is 53.7 Å². The van der Waals surface area contributed by atoms with Crippen LogP contribution in [0.15, 0.2) is 12.2 Å². The van der Waals surface area contributed by atoms with Crippen molar-refractivity contribution in [3.63, 3.8) is 0 Å². The summed E-state index contributed by atoms with van der Waals surface area (Å²) in [5.74, 6) is 3.25. The molecule has 1 saturated heterocycles. The quantitative estimate of drug-likeness (QED) is 0.484. The number of ether oxygens (including phenoxy) is 1. The second-order valence-electron chi connectivity index (χ2n) is 13.0. The van der Waals surface area contributed by atoms with Gasteiger partial charge in [0, 0.05) is 18.8 Å². The number of allylic oxidation sites excluding steroid dienone is 2. The van der Waals surface area contributed by atoms with Crippen LogP contribution in [0.25, 0.3) is 0 Å². The molecule has 0 aromatic carbocycles. The highest BCUT2D eigenvalue weighted by molar-refractivity contribution is 5.89. The molecule has 2 N–H and O–H groups in total. The zero-order chi connectivity index (χ0) is 23.2. The second kappa shape index (κ2) is 7.39. The molecule has 1 aliphatic heterocycles. The van der Waals surface area contributed by atoms with E-state index in [9.17, 15) is 15.0 Å². The zero-order valence-corrected chi connectivity index (χ0v) is 20.9. The molecule has 5 rings (SSSR count). The fourth-order valence-electron chi connectivity index (χ4n) is 9.21. The number of hydrogen-bond acceptors (Lipinski definition) is 4. The average molecular weight is 445 g/mol. The van der Waals surface area contributed by atoms with Crippen LogP contribution in [-0.2, 0) is 9.53 Å². The first-order valence-electron chi connectivity index (χ1n) is 13.2. The predicted octanol–water partition coefficient (Wildman–Crippen LogP) is 4.77. The van der Waals surface area contributed by atoms with Crippen molar-refractivity contribution in [2.75, 3.05) is 0 Å². The van der Waals surface area contributed by atoms with E-state index in [1.54, 1.807) is 0 Å². The van der Waals surface area contributed by atoms with E-state index < -0.39 is 23.2 Å². The molecule has 4 aliphatic carbocycles. The number of carbonyl (C=O) groups excluding carboxylic acids is 1. The number of epoxide rings is 1. The van der Waals surface area contributed by atoms with Crippen molar-refractivity contribution in [3.05, 3.63) is 12.2 Å². The molecular formula is C28H44O4. The van der Waals surface area contributed by atoms with Crippen LogP contribution in [-0.4, -0.2) is 39.9 Å². The lowest BCUT2D eigenvalue weighted by atomic mass is 9.43. The summed E-state index contributed by atoms with van der Waals surface area (Å²) in [7, 11) is 0. The van der Waals surface area contributed by atoms with Gasteiger partial charge in [0.15, 0.2) is 0 Å². The number of ketones is 1. The Labute approximate surface area is 194 Å². The van der Waals surface area contributed by atoms with Crippen LogP contribution in [0.2, 0.25) is 0 Å². The van der Waals surface area contributed by atoms with Gasteiger partial charge in [-0.05, 0) is 73.5 Å². The molecule has 5 aliphatic rings. The van der Waals surface area contributed by atoms with Crippen molar-refractivity contribution in [2.45, 2.75) is 104 Å². The monoisotopic (exact) mass is 444 g/mol. The fourth-order valence-corrected chi connectivity index (χ4v) is 9.21. The van der Waals surface area contributed by atoms with Crippen LogP contribution >= 0.6 is 0 Å². The van der Waals surface area contributed by atoms with Gasteiger partial charge in [-0.25, -0.2) is 0 Å². The molecule has 1 unspecified atom stereocenters. The van der Waals surface area contributed by atoms with Crippen molar-refractivity contribution in [1.29, 1.82) is 0 Å². The minimum Gasteiger partial charge on any atom is -0.393 e. The van der Waals surface area contributed by atoms with Crippen LogP contribution in [0.4, 0.5) is 0 Å². The molecule has 0 aromatic heterocycles. The lowest BCUT2D eigenvalue weighted by Gasteiger charge is -2.60. The predicted molar refractivity (Wildman–Crippen MR) is 125 cm³/mol. The topological polar surface area (TPSA) is 70.1 Å². The maximum atomic E-state index is 13.4. The van der Waals surface area contributed by atoms with Crippen molar-refractivity contribution in [1.82, 2.24) is 0 Å². The first-order valence-corrected chi connectivity index (χ1v) is 13.2. The Hall–Kier alpha value is -0.710. The third-order valence-electron chi connectivity index (χ3n) is 11.3. The highest BCUT2D eigenvalue weighted by atomic mass is 16.6.